The first-order valence-electron chi connectivity index (χ1n) is 4.90. The summed E-state index contributed by atoms with van der Waals surface area (Å²) in [5.41, 5.74) is 2.90. The van der Waals surface area contributed by atoms with E-state index in [1.807, 2.05) is 25.2 Å². The van der Waals surface area contributed by atoms with Gasteiger partial charge in [0.05, 0.1) is 18.0 Å². The molecule has 80 valence electrons. The van der Waals surface area contributed by atoms with Crippen LogP contribution in [0.2, 0.25) is 0 Å². The Labute approximate surface area is 94.0 Å². The first-order valence-corrected chi connectivity index (χ1v) is 5.44. The third kappa shape index (κ3) is 1.92. The highest BCUT2D eigenvalue weighted by molar-refractivity contribution is 6.19. The van der Waals surface area contributed by atoms with Gasteiger partial charge < -0.3 is 10.2 Å². The van der Waals surface area contributed by atoms with E-state index < -0.39 is 0 Å². The molecule has 0 fully saturated rings. The second-order valence-corrected chi connectivity index (χ2v) is 4.00. The molecule has 1 N–H and O–H groups in total. The average Bonchev–Trinajstić information content (AvgIpc) is 2.60. The Morgan fingerprint density at radius 1 is 1.60 bits per heavy atom. The summed E-state index contributed by atoms with van der Waals surface area (Å²) in [6.07, 6.45) is 0.399. The van der Waals surface area contributed by atoms with Crippen LogP contribution >= 0.6 is 11.6 Å². The van der Waals surface area contributed by atoms with Crippen molar-refractivity contribution in [3.63, 3.8) is 0 Å². The number of nitrogens with one attached hydrogen (secondary N) is 1. The summed E-state index contributed by atoms with van der Waals surface area (Å²) in [7, 11) is 2.01. The number of rotatable bonds is 3. The Morgan fingerprint density at radius 2 is 2.40 bits per heavy atom. The second-order valence-electron chi connectivity index (χ2n) is 3.63. The molecule has 1 aromatic carbocycles. The van der Waals surface area contributed by atoms with Crippen molar-refractivity contribution in [2.45, 2.75) is 6.42 Å². The lowest BCUT2D eigenvalue weighted by Gasteiger charge is -2.09. The van der Waals surface area contributed by atoms with Gasteiger partial charge in [-0.2, -0.15) is 0 Å². The molecule has 2 rings (SSSR count). The maximum atomic E-state index is 11.6. The molecular weight excluding hydrogens is 212 g/mol. The van der Waals surface area contributed by atoms with Crippen LogP contribution in [0.3, 0.4) is 0 Å². The number of carbonyl (C=O) groups excluding carboxylic acids is 1. The highest BCUT2D eigenvalue weighted by Gasteiger charge is 2.16. The van der Waals surface area contributed by atoms with Crippen LogP contribution in [-0.2, 0) is 0 Å². The van der Waals surface area contributed by atoms with E-state index in [2.05, 4.69) is 10.2 Å². The zero-order valence-corrected chi connectivity index (χ0v) is 9.34. The van der Waals surface area contributed by atoms with Crippen LogP contribution in [0.5, 0.6) is 0 Å². The lowest BCUT2D eigenvalue weighted by molar-refractivity contribution is 0.0989. The number of ketones is 1. The number of halogens is 1. The van der Waals surface area contributed by atoms with Gasteiger partial charge in [0.25, 0.3) is 0 Å². The molecule has 4 heteroatoms. The number of hydrogen-bond donors (Lipinski definition) is 1. The van der Waals surface area contributed by atoms with E-state index in [0.717, 1.165) is 23.6 Å². The highest BCUT2D eigenvalue weighted by atomic mass is 35.5. The third-order valence-corrected chi connectivity index (χ3v) is 2.75. The molecule has 1 aromatic rings. The average molecular weight is 225 g/mol. The summed E-state index contributed by atoms with van der Waals surface area (Å²) in [4.78, 5) is 13.7. The monoisotopic (exact) mass is 224 g/mol. The topological polar surface area (TPSA) is 32.3 Å². The van der Waals surface area contributed by atoms with Gasteiger partial charge in [0.1, 0.15) is 0 Å². The van der Waals surface area contributed by atoms with Crippen molar-refractivity contribution in [1.29, 1.82) is 0 Å². The quantitative estimate of drug-likeness (QED) is 0.632. The van der Waals surface area contributed by atoms with Gasteiger partial charge in [-0.15, -0.1) is 11.6 Å². The van der Waals surface area contributed by atoms with Crippen molar-refractivity contribution >= 4 is 28.8 Å². The summed E-state index contributed by atoms with van der Waals surface area (Å²) in [5, 5.41) is 3.23. The fourth-order valence-electron chi connectivity index (χ4n) is 1.70. The lowest BCUT2D eigenvalue weighted by Crippen LogP contribution is -2.15. The van der Waals surface area contributed by atoms with Crippen LogP contribution < -0.4 is 10.2 Å². The number of carbonyl (C=O) groups is 1. The van der Waals surface area contributed by atoms with Gasteiger partial charge in [0.15, 0.2) is 5.78 Å². The summed E-state index contributed by atoms with van der Waals surface area (Å²) in [6, 6.07) is 5.72. The van der Waals surface area contributed by atoms with Gasteiger partial charge in [0.2, 0.25) is 0 Å². The number of hydrogen-bond acceptors (Lipinski definition) is 3. The number of Topliss-reactive ketones (excluding diaryl/α,β-unsaturated/α-hetero) is 1. The largest absolute Gasteiger partial charge is 0.366 e. The van der Waals surface area contributed by atoms with Crippen molar-refractivity contribution in [1.82, 2.24) is 0 Å². The van der Waals surface area contributed by atoms with Crippen molar-refractivity contribution in [2.75, 3.05) is 29.8 Å². The molecule has 1 aliphatic rings. The Balaban J connectivity index is 2.27. The van der Waals surface area contributed by atoms with Crippen LogP contribution in [0.1, 0.15) is 16.8 Å². The van der Waals surface area contributed by atoms with Crippen molar-refractivity contribution in [3.05, 3.63) is 23.8 Å². The molecule has 1 aliphatic heterocycles. The van der Waals surface area contributed by atoms with E-state index in [1.165, 1.54) is 0 Å². The fraction of sp³-hybridized carbons (Fsp3) is 0.364. The van der Waals surface area contributed by atoms with Crippen molar-refractivity contribution in [3.8, 4) is 0 Å². The van der Waals surface area contributed by atoms with Crippen molar-refractivity contribution in [2.24, 2.45) is 0 Å². The first kappa shape index (κ1) is 10.3. The third-order valence-electron chi connectivity index (χ3n) is 2.56. The maximum Gasteiger partial charge on any atom is 0.164 e. The van der Waals surface area contributed by atoms with Gasteiger partial charge >= 0.3 is 0 Å². The molecule has 0 saturated carbocycles. The number of nitrogens with zero attached hydrogens (tertiary/aromatic N) is 1. The number of fused-ring (bicyclic) bond motifs is 1. The van der Waals surface area contributed by atoms with Gasteiger partial charge in [0, 0.05) is 24.9 Å². The second kappa shape index (κ2) is 4.11. The van der Waals surface area contributed by atoms with Gasteiger partial charge in [-0.3, -0.25) is 4.79 Å². The van der Waals surface area contributed by atoms with Gasteiger partial charge in [-0.1, -0.05) is 0 Å². The number of benzene rings is 1. The molecule has 3 nitrogen and oxygen atoms in total. The molecule has 0 spiro atoms. The van der Waals surface area contributed by atoms with E-state index in [4.69, 9.17) is 11.6 Å². The van der Waals surface area contributed by atoms with Crippen LogP contribution in [0.4, 0.5) is 11.4 Å². The number of alkyl halides is 1. The molecular formula is C11H13ClN2O. The zero-order chi connectivity index (χ0) is 10.8. The van der Waals surface area contributed by atoms with E-state index in [9.17, 15) is 4.79 Å². The molecule has 0 atom stereocenters. The Kier molecular flexibility index (Phi) is 2.82. The van der Waals surface area contributed by atoms with E-state index >= 15 is 0 Å². The molecule has 0 aliphatic carbocycles. The normalized spacial score (nSPS) is 13.6. The molecule has 0 aromatic heterocycles. The zero-order valence-electron chi connectivity index (χ0n) is 8.59. The summed E-state index contributed by atoms with van der Waals surface area (Å²) in [6.45, 7) is 0.794. The highest BCUT2D eigenvalue weighted by Crippen LogP contribution is 2.30. The summed E-state index contributed by atoms with van der Waals surface area (Å²) >= 11 is 5.54. The minimum atomic E-state index is 0.101. The maximum absolute atomic E-state index is 11.6. The molecule has 0 saturated heterocycles. The molecule has 0 amide bonds. The predicted molar refractivity (Wildman–Crippen MR) is 63.0 cm³/mol. The first-order chi connectivity index (χ1) is 7.22. The molecule has 0 unspecified atom stereocenters. The predicted octanol–water partition coefficient (Wildman–Crippen LogP) is 2.32. The number of anilines is 2. The van der Waals surface area contributed by atoms with E-state index in [1.54, 1.807) is 0 Å². The minimum absolute atomic E-state index is 0.101. The molecule has 0 radical (unpaired) electrons. The SMILES string of the molecule is CN1CNc2cc(C(=O)CCCl)ccc21. The summed E-state index contributed by atoms with van der Waals surface area (Å²) < 4.78 is 0. The smallest absolute Gasteiger partial charge is 0.164 e. The van der Waals surface area contributed by atoms with Crippen LogP contribution in [0.15, 0.2) is 18.2 Å². The molecule has 0 bridgehead atoms. The Bertz CT molecular complexity index is 392. The lowest BCUT2D eigenvalue weighted by atomic mass is 10.1. The Morgan fingerprint density at radius 3 is 3.13 bits per heavy atom. The summed E-state index contributed by atoms with van der Waals surface area (Å²) in [5.74, 6) is 0.479. The standard InChI is InChI=1S/C11H13ClN2O/c1-14-7-13-9-6-8(2-3-10(9)14)11(15)4-5-12/h2-3,6,13H,4-5,7H2,1H3. The minimum Gasteiger partial charge on any atom is -0.366 e. The van der Waals surface area contributed by atoms with Crippen LogP contribution in [-0.4, -0.2) is 25.4 Å². The molecule has 15 heavy (non-hydrogen) atoms. The van der Waals surface area contributed by atoms with Crippen molar-refractivity contribution < 1.29 is 4.79 Å². The molecule has 1 heterocycles. The van der Waals surface area contributed by atoms with Crippen LogP contribution in [0.25, 0.3) is 0 Å². The fourth-order valence-corrected chi connectivity index (χ4v) is 1.87. The Hall–Kier alpha value is -1.22. The van der Waals surface area contributed by atoms with Crippen LogP contribution in [0, 0.1) is 0 Å². The van der Waals surface area contributed by atoms with E-state index in [0.29, 0.717) is 12.3 Å². The van der Waals surface area contributed by atoms with E-state index in [-0.39, 0.29) is 5.78 Å². The van der Waals surface area contributed by atoms with Gasteiger partial charge in [-0.25, -0.2) is 0 Å². The van der Waals surface area contributed by atoms with Gasteiger partial charge in [-0.05, 0) is 18.2 Å².